The summed E-state index contributed by atoms with van der Waals surface area (Å²) in [6.07, 6.45) is 1.26. The number of benzene rings is 1. The van der Waals surface area contributed by atoms with Crippen molar-refractivity contribution in [1.82, 2.24) is 5.16 Å². The Morgan fingerprint density at radius 2 is 2.24 bits per heavy atom. The van der Waals surface area contributed by atoms with Crippen molar-refractivity contribution in [2.45, 2.75) is 33.2 Å². The summed E-state index contributed by atoms with van der Waals surface area (Å²) in [7, 11) is 0. The number of nitrogens with zero attached hydrogens (tertiary/aromatic N) is 2. The van der Waals surface area contributed by atoms with Gasteiger partial charge in [0.25, 0.3) is 0 Å². The summed E-state index contributed by atoms with van der Waals surface area (Å²) in [6.45, 7) is 5.06. The minimum absolute atomic E-state index is 0.518. The van der Waals surface area contributed by atoms with Crippen LogP contribution in [-0.4, -0.2) is 11.8 Å². The van der Waals surface area contributed by atoms with Gasteiger partial charge in [0.15, 0.2) is 0 Å². The van der Waals surface area contributed by atoms with Crippen molar-refractivity contribution in [3.8, 4) is 11.8 Å². The quantitative estimate of drug-likeness (QED) is 0.787. The maximum Gasteiger partial charge on any atom is 0.138 e. The van der Waals surface area contributed by atoms with Crippen molar-refractivity contribution in [2.24, 2.45) is 0 Å². The van der Waals surface area contributed by atoms with Gasteiger partial charge in [0.1, 0.15) is 11.5 Å². The first-order valence-electron chi connectivity index (χ1n) is 6.96. The third-order valence-electron chi connectivity index (χ3n) is 3.19. The van der Waals surface area contributed by atoms with Crippen molar-refractivity contribution < 1.29 is 9.26 Å². The smallest absolute Gasteiger partial charge is 0.138 e. The molecule has 1 aromatic carbocycles. The van der Waals surface area contributed by atoms with Gasteiger partial charge in [0.2, 0.25) is 0 Å². The molecule has 0 atom stereocenters. The Labute approximate surface area is 124 Å². The highest BCUT2D eigenvalue weighted by Crippen LogP contribution is 2.20. The van der Waals surface area contributed by atoms with Gasteiger partial charge in [-0.05, 0) is 32.4 Å². The number of rotatable bonds is 7. The molecule has 0 fully saturated rings. The molecule has 5 nitrogen and oxygen atoms in total. The highest BCUT2D eigenvalue weighted by molar-refractivity contribution is 5.48. The zero-order chi connectivity index (χ0) is 15.1. The van der Waals surface area contributed by atoms with Crippen LogP contribution < -0.4 is 10.1 Å². The Morgan fingerprint density at radius 3 is 2.95 bits per heavy atom. The molecule has 1 aromatic heterocycles. The lowest BCUT2D eigenvalue weighted by Crippen LogP contribution is -2.02. The van der Waals surface area contributed by atoms with Crippen molar-refractivity contribution in [3.05, 3.63) is 41.3 Å². The molecule has 0 saturated heterocycles. The number of nitrogens with one attached hydrogen (secondary N) is 1. The van der Waals surface area contributed by atoms with E-state index in [1.54, 1.807) is 0 Å². The van der Waals surface area contributed by atoms with E-state index in [0.717, 1.165) is 34.9 Å². The van der Waals surface area contributed by atoms with Crippen LogP contribution in [0.1, 0.15) is 29.9 Å². The molecule has 110 valence electrons. The lowest BCUT2D eigenvalue weighted by molar-refractivity contribution is 0.313. The van der Waals surface area contributed by atoms with Gasteiger partial charge in [-0.2, -0.15) is 5.26 Å². The van der Waals surface area contributed by atoms with E-state index in [2.05, 4.69) is 16.5 Å². The molecular weight excluding hydrogens is 266 g/mol. The number of unbranched alkanes of at least 4 members (excludes halogenated alkanes) is 1. The largest absolute Gasteiger partial charge is 0.493 e. The molecule has 0 saturated carbocycles. The van der Waals surface area contributed by atoms with Crippen LogP contribution in [0.3, 0.4) is 0 Å². The fraction of sp³-hybridized carbons (Fsp3) is 0.375. The van der Waals surface area contributed by atoms with Gasteiger partial charge < -0.3 is 14.6 Å². The van der Waals surface area contributed by atoms with Gasteiger partial charge in [-0.25, -0.2) is 0 Å². The number of nitriles is 1. The number of ether oxygens (including phenoxy) is 1. The second-order valence-electron chi connectivity index (χ2n) is 4.79. The van der Waals surface area contributed by atoms with Crippen molar-refractivity contribution in [2.75, 3.05) is 11.9 Å². The minimum atomic E-state index is 0.518. The third-order valence-corrected chi connectivity index (χ3v) is 3.19. The molecule has 0 unspecified atom stereocenters. The van der Waals surface area contributed by atoms with Crippen molar-refractivity contribution in [3.63, 3.8) is 0 Å². The first-order valence-corrected chi connectivity index (χ1v) is 6.96. The highest BCUT2D eigenvalue weighted by atomic mass is 16.5. The average molecular weight is 285 g/mol. The van der Waals surface area contributed by atoms with Crippen LogP contribution >= 0.6 is 0 Å². The molecule has 0 aliphatic heterocycles. The van der Waals surface area contributed by atoms with Gasteiger partial charge in [0, 0.05) is 30.3 Å². The van der Waals surface area contributed by atoms with Crippen molar-refractivity contribution >= 4 is 5.69 Å². The molecule has 0 bridgehead atoms. The predicted molar refractivity (Wildman–Crippen MR) is 80.1 cm³/mol. The van der Waals surface area contributed by atoms with Crippen LogP contribution in [0.4, 0.5) is 5.69 Å². The molecule has 1 heterocycles. The fourth-order valence-electron chi connectivity index (χ4n) is 1.98. The summed E-state index contributed by atoms with van der Waals surface area (Å²) in [5.41, 5.74) is 2.96. The normalized spacial score (nSPS) is 10.1. The van der Waals surface area contributed by atoms with Crippen LogP contribution in [0.5, 0.6) is 5.75 Å². The molecule has 21 heavy (non-hydrogen) atoms. The maximum absolute atomic E-state index is 8.48. The van der Waals surface area contributed by atoms with Gasteiger partial charge in [-0.15, -0.1) is 0 Å². The zero-order valence-corrected chi connectivity index (χ0v) is 12.3. The number of hydrogen-bond donors (Lipinski definition) is 1. The van der Waals surface area contributed by atoms with Gasteiger partial charge in [-0.1, -0.05) is 11.2 Å². The van der Waals surface area contributed by atoms with E-state index in [1.165, 1.54) is 0 Å². The Morgan fingerprint density at radius 1 is 1.38 bits per heavy atom. The summed E-state index contributed by atoms with van der Waals surface area (Å²) >= 11 is 0. The van der Waals surface area contributed by atoms with Crippen LogP contribution in [0.15, 0.2) is 28.8 Å². The minimum Gasteiger partial charge on any atom is -0.493 e. The Balaban J connectivity index is 1.90. The molecule has 0 aliphatic carbocycles. The molecule has 2 aromatic rings. The Kier molecular flexibility index (Phi) is 5.22. The van der Waals surface area contributed by atoms with E-state index in [-0.39, 0.29) is 0 Å². The van der Waals surface area contributed by atoms with Gasteiger partial charge >= 0.3 is 0 Å². The van der Waals surface area contributed by atoms with Crippen LogP contribution in [0, 0.1) is 25.2 Å². The van der Waals surface area contributed by atoms with Crippen LogP contribution in [0.25, 0.3) is 0 Å². The topological polar surface area (TPSA) is 71.1 Å². The number of aromatic nitrogens is 1. The Bertz CT molecular complexity index is 609. The molecule has 2 rings (SSSR count). The van der Waals surface area contributed by atoms with E-state index in [0.29, 0.717) is 19.6 Å². The molecule has 0 spiro atoms. The van der Waals surface area contributed by atoms with E-state index < -0.39 is 0 Å². The van der Waals surface area contributed by atoms with Gasteiger partial charge in [0.05, 0.1) is 18.4 Å². The summed E-state index contributed by atoms with van der Waals surface area (Å²) in [5, 5.41) is 15.8. The van der Waals surface area contributed by atoms with E-state index >= 15 is 0 Å². The molecule has 0 aliphatic rings. The Hall–Kier alpha value is -2.48. The lowest BCUT2D eigenvalue weighted by Gasteiger charge is -2.09. The molecule has 1 N–H and O–H groups in total. The van der Waals surface area contributed by atoms with Crippen LogP contribution in [0.2, 0.25) is 0 Å². The van der Waals surface area contributed by atoms with E-state index in [4.69, 9.17) is 14.5 Å². The standard InChI is InChI=1S/C16H19N3O2/c1-12-16(13(2)21-19-12)11-18-14-6-5-7-15(10-14)20-9-4-3-8-17/h5-7,10,18H,3-4,9,11H2,1-2H3. The second-order valence-corrected chi connectivity index (χ2v) is 4.79. The van der Waals surface area contributed by atoms with Crippen molar-refractivity contribution in [1.29, 1.82) is 5.26 Å². The predicted octanol–water partition coefficient (Wildman–Crippen LogP) is 3.59. The third kappa shape index (κ3) is 4.25. The monoisotopic (exact) mass is 285 g/mol. The SMILES string of the molecule is Cc1noc(C)c1CNc1cccc(OCCCC#N)c1. The van der Waals surface area contributed by atoms with E-state index in [1.807, 2.05) is 38.1 Å². The summed E-state index contributed by atoms with van der Waals surface area (Å²) in [4.78, 5) is 0. The first kappa shape index (κ1) is 14.9. The average Bonchev–Trinajstić information content (AvgIpc) is 2.81. The number of aryl methyl sites for hydroxylation is 2. The fourth-order valence-corrected chi connectivity index (χ4v) is 1.98. The molecule has 5 heteroatoms. The highest BCUT2D eigenvalue weighted by Gasteiger charge is 2.08. The summed E-state index contributed by atoms with van der Waals surface area (Å²) in [6, 6.07) is 9.89. The molecule has 0 radical (unpaired) electrons. The first-order chi connectivity index (χ1) is 10.2. The molecular formula is C16H19N3O2. The maximum atomic E-state index is 8.48. The lowest BCUT2D eigenvalue weighted by atomic mass is 10.2. The summed E-state index contributed by atoms with van der Waals surface area (Å²) in [5.74, 6) is 1.64. The number of anilines is 1. The van der Waals surface area contributed by atoms with Gasteiger partial charge in [-0.3, -0.25) is 0 Å². The zero-order valence-electron chi connectivity index (χ0n) is 12.3. The van der Waals surface area contributed by atoms with E-state index in [9.17, 15) is 0 Å². The van der Waals surface area contributed by atoms with Crippen LogP contribution in [-0.2, 0) is 6.54 Å². The molecule has 0 amide bonds. The second kappa shape index (κ2) is 7.34. The number of hydrogen-bond acceptors (Lipinski definition) is 5. The summed E-state index contributed by atoms with van der Waals surface area (Å²) < 4.78 is 10.8.